The standard InChI is InChI=1S/C22H33N3O3/c1-22(23)12-4-3-5-19(22)21(27)25-15-13-24(14-16-25)20(26)11-8-17-6-9-18(28-2)10-7-17/h6-7,9-10,19H,3-5,8,11-16,23H2,1-2H3. The van der Waals surface area contributed by atoms with Crippen LogP contribution in [0.5, 0.6) is 5.75 Å². The van der Waals surface area contributed by atoms with Crippen molar-refractivity contribution >= 4 is 11.8 Å². The molecule has 0 aromatic heterocycles. The van der Waals surface area contributed by atoms with Crippen molar-refractivity contribution in [3.05, 3.63) is 29.8 Å². The maximum Gasteiger partial charge on any atom is 0.227 e. The van der Waals surface area contributed by atoms with Gasteiger partial charge in [-0.25, -0.2) is 0 Å². The first-order valence-electron chi connectivity index (χ1n) is 10.4. The third-order valence-corrected chi connectivity index (χ3v) is 6.28. The Kier molecular flexibility index (Phi) is 6.60. The molecule has 1 heterocycles. The lowest BCUT2D eigenvalue weighted by molar-refractivity contribution is -0.144. The fraction of sp³-hybridized carbons (Fsp3) is 0.636. The summed E-state index contributed by atoms with van der Waals surface area (Å²) >= 11 is 0. The zero-order valence-corrected chi connectivity index (χ0v) is 17.2. The number of hydrogen-bond donors (Lipinski definition) is 1. The van der Waals surface area contributed by atoms with Crippen LogP contribution in [0.15, 0.2) is 24.3 Å². The van der Waals surface area contributed by atoms with Gasteiger partial charge < -0.3 is 20.3 Å². The van der Waals surface area contributed by atoms with Crippen molar-refractivity contribution in [2.45, 2.75) is 51.0 Å². The number of rotatable bonds is 5. The molecular formula is C22H33N3O3. The Bertz CT molecular complexity index is 679. The van der Waals surface area contributed by atoms with E-state index in [0.717, 1.165) is 43.4 Å². The fourth-order valence-electron chi connectivity index (χ4n) is 4.36. The Morgan fingerprint density at radius 2 is 1.75 bits per heavy atom. The van der Waals surface area contributed by atoms with E-state index in [1.54, 1.807) is 7.11 Å². The Morgan fingerprint density at radius 3 is 2.36 bits per heavy atom. The molecule has 0 spiro atoms. The predicted octanol–water partition coefficient (Wildman–Crippen LogP) is 2.21. The van der Waals surface area contributed by atoms with Gasteiger partial charge in [0.05, 0.1) is 13.0 Å². The van der Waals surface area contributed by atoms with Crippen LogP contribution in [0.1, 0.15) is 44.6 Å². The molecule has 3 rings (SSSR count). The molecule has 1 aromatic carbocycles. The van der Waals surface area contributed by atoms with Gasteiger partial charge in [0.25, 0.3) is 0 Å². The summed E-state index contributed by atoms with van der Waals surface area (Å²) in [6, 6.07) is 7.83. The fourth-order valence-corrected chi connectivity index (χ4v) is 4.36. The van der Waals surface area contributed by atoms with Gasteiger partial charge >= 0.3 is 0 Å². The molecule has 2 unspecified atom stereocenters. The van der Waals surface area contributed by atoms with Gasteiger partial charge in [0, 0.05) is 38.1 Å². The van der Waals surface area contributed by atoms with Crippen LogP contribution in [0.25, 0.3) is 0 Å². The number of methoxy groups -OCH3 is 1. The van der Waals surface area contributed by atoms with Crippen LogP contribution >= 0.6 is 0 Å². The lowest BCUT2D eigenvalue weighted by Crippen LogP contribution is -2.57. The number of aryl methyl sites for hydroxylation is 1. The summed E-state index contributed by atoms with van der Waals surface area (Å²) in [5.74, 6) is 1.07. The molecule has 2 atom stereocenters. The van der Waals surface area contributed by atoms with Crippen LogP contribution in [0.3, 0.4) is 0 Å². The number of nitrogens with two attached hydrogens (primary N) is 1. The normalized spacial score (nSPS) is 25.5. The largest absolute Gasteiger partial charge is 0.497 e. The first-order valence-corrected chi connectivity index (χ1v) is 10.4. The third kappa shape index (κ3) is 4.85. The number of nitrogens with zero attached hydrogens (tertiary/aromatic N) is 2. The summed E-state index contributed by atoms with van der Waals surface area (Å²) < 4.78 is 5.16. The molecule has 2 aliphatic rings. The van der Waals surface area contributed by atoms with Gasteiger partial charge in [-0.05, 0) is 43.9 Å². The van der Waals surface area contributed by atoms with Crippen LogP contribution in [0.2, 0.25) is 0 Å². The zero-order chi connectivity index (χ0) is 20.1. The Balaban J connectivity index is 1.46. The molecule has 6 heteroatoms. The molecule has 1 aromatic rings. The Labute approximate surface area is 168 Å². The van der Waals surface area contributed by atoms with Crippen LogP contribution in [-0.4, -0.2) is 60.4 Å². The number of amides is 2. The van der Waals surface area contributed by atoms with Crippen LogP contribution < -0.4 is 10.5 Å². The van der Waals surface area contributed by atoms with Gasteiger partial charge in [-0.3, -0.25) is 9.59 Å². The molecule has 2 fully saturated rings. The lowest BCUT2D eigenvalue weighted by Gasteiger charge is -2.42. The number of piperazine rings is 1. The molecule has 0 radical (unpaired) electrons. The molecule has 154 valence electrons. The minimum absolute atomic E-state index is 0.0847. The number of carbonyl (C=O) groups excluding carboxylic acids is 2. The molecule has 1 aliphatic carbocycles. The summed E-state index contributed by atoms with van der Waals surface area (Å²) in [5.41, 5.74) is 7.12. The molecule has 6 nitrogen and oxygen atoms in total. The van der Waals surface area contributed by atoms with Gasteiger partial charge in [0.2, 0.25) is 11.8 Å². The van der Waals surface area contributed by atoms with Gasteiger partial charge in [0.1, 0.15) is 5.75 Å². The van der Waals surface area contributed by atoms with E-state index in [4.69, 9.17) is 10.5 Å². The Hall–Kier alpha value is -2.08. The molecule has 2 amide bonds. The summed E-state index contributed by atoms with van der Waals surface area (Å²) in [7, 11) is 1.64. The number of hydrogen-bond acceptors (Lipinski definition) is 4. The van der Waals surface area contributed by atoms with Crippen molar-refractivity contribution in [1.29, 1.82) is 0 Å². The first kappa shape index (κ1) is 20.6. The lowest BCUT2D eigenvalue weighted by atomic mass is 9.74. The smallest absolute Gasteiger partial charge is 0.227 e. The highest BCUT2D eigenvalue weighted by Gasteiger charge is 2.40. The molecule has 1 saturated heterocycles. The predicted molar refractivity (Wildman–Crippen MR) is 109 cm³/mol. The highest BCUT2D eigenvalue weighted by Crippen LogP contribution is 2.33. The van der Waals surface area contributed by atoms with E-state index >= 15 is 0 Å². The highest BCUT2D eigenvalue weighted by molar-refractivity contribution is 5.81. The second-order valence-electron chi connectivity index (χ2n) is 8.36. The minimum Gasteiger partial charge on any atom is -0.497 e. The number of ether oxygens (including phenoxy) is 1. The van der Waals surface area contributed by atoms with Crippen molar-refractivity contribution < 1.29 is 14.3 Å². The van der Waals surface area contributed by atoms with Gasteiger partial charge in [0.15, 0.2) is 0 Å². The van der Waals surface area contributed by atoms with Crippen molar-refractivity contribution in [2.75, 3.05) is 33.3 Å². The molecule has 2 N–H and O–H groups in total. The van der Waals surface area contributed by atoms with E-state index in [0.29, 0.717) is 32.6 Å². The third-order valence-electron chi connectivity index (χ3n) is 6.28. The number of carbonyl (C=O) groups is 2. The SMILES string of the molecule is COc1ccc(CCC(=O)N2CCN(C(=O)C3CCCCC3(C)N)CC2)cc1. The van der Waals surface area contributed by atoms with Crippen molar-refractivity contribution in [3.8, 4) is 5.75 Å². The monoisotopic (exact) mass is 387 g/mol. The van der Waals surface area contributed by atoms with E-state index in [9.17, 15) is 9.59 Å². The quantitative estimate of drug-likeness (QED) is 0.840. The maximum atomic E-state index is 12.9. The second-order valence-corrected chi connectivity index (χ2v) is 8.36. The molecular weight excluding hydrogens is 354 g/mol. The summed E-state index contributed by atoms with van der Waals surface area (Å²) in [6.07, 6.45) is 5.18. The van der Waals surface area contributed by atoms with Gasteiger partial charge in [-0.1, -0.05) is 25.0 Å². The minimum atomic E-state index is -0.402. The average Bonchev–Trinajstić information content (AvgIpc) is 2.71. The Morgan fingerprint density at radius 1 is 1.11 bits per heavy atom. The van der Waals surface area contributed by atoms with E-state index in [-0.39, 0.29) is 17.7 Å². The zero-order valence-electron chi connectivity index (χ0n) is 17.2. The van der Waals surface area contributed by atoms with E-state index in [1.165, 1.54) is 0 Å². The van der Waals surface area contributed by atoms with Crippen molar-refractivity contribution in [1.82, 2.24) is 9.80 Å². The van der Waals surface area contributed by atoms with Gasteiger partial charge in [-0.15, -0.1) is 0 Å². The topological polar surface area (TPSA) is 75.9 Å². The summed E-state index contributed by atoms with van der Waals surface area (Å²) in [4.78, 5) is 29.3. The van der Waals surface area contributed by atoms with Gasteiger partial charge in [-0.2, -0.15) is 0 Å². The summed E-state index contributed by atoms with van der Waals surface area (Å²) in [6.45, 7) is 4.45. The van der Waals surface area contributed by atoms with Crippen LogP contribution in [0, 0.1) is 5.92 Å². The maximum absolute atomic E-state index is 12.9. The van der Waals surface area contributed by atoms with Crippen LogP contribution in [0.4, 0.5) is 0 Å². The molecule has 0 bridgehead atoms. The highest BCUT2D eigenvalue weighted by atomic mass is 16.5. The van der Waals surface area contributed by atoms with Crippen molar-refractivity contribution in [3.63, 3.8) is 0 Å². The van der Waals surface area contributed by atoms with E-state index in [1.807, 2.05) is 41.0 Å². The van der Waals surface area contributed by atoms with Crippen molar-refractivity contribution in [2.24, 2.45) is 11.7 Å². The van der Waals surface area contributed by atoms with E-state index < -0.39 is 5.54 Å². The van der Waals surface area contributed by atoms with E-state index in [2.05, 4.69) is 0 Å². The second kappa shape index (κ2) is 8.95. The van der Waals surface area contributed by atoms with Crippen LogP contribution in [-0.2, 0) is 16.0 Å². The number of benzene rings is 1. The summed E-state index contributed by atoms with van der Waals surface area (Å²) in [5, 5.41) is 0. The molecule has 1 saturated carbocycles. The molecule has 28 heavy (non-hydrogen) atoms. The average molecular weight is 388 g/mol. The first-order chi connectivity index (χ1) is 13.4. The molecule has 1 aliphatic heterocycles.